The van der Waals surface area contributed by atoms with Gasteiger partial charge in [-0.05, 0) is 37.8 Å². The van der Waals surface area contributed by atoms with Gasteiger partial charge in [0, 0.05) is 16.9 Å². The Hall–Kier alpha value is -2.20. The van der Waals surface area contributed by atoms with Crippen LogP contribution in [-0.4, -0.2) is 14.2 Å². The quantitative estimate of drug-likeness (QED) is 0.616. The highest BCUT2D eigenvalue weighted by Gasteiger charge is 2.23. The van der Waals surface area contributed by atoms with Crippen LogP contribution in [0, 0.1) is 12.3 Å². The molecule has 0 atom stereocenters. The monoisotopic (exact) mass is 370 g/mol. The molecule has 0 saturated carbocycles. The highest BCUT2D eigenvalue weighted by atomic mass is 32.2. The maximum Gasteiger partial charge on any atom is 0.202 e. The molecule has 0 fully saturated rings. The lowest BCUT2D eigenvalue weighted by molar-refractivity contribution is 0.0969. The first kappa shape index (κ1) is 20.1. The number of Topliss-reactive ketones (excluding diaryl/α,β-unsaturated/α-hetero) is 1. The molecule has 2 rings (SSSR count). The zero-order chi connectivity index (χ0) is 19.4. The van der Waals surface area contributed by atoms with Gasteiger partial charge in [0.15, 0.2) is 5.78 Å². The molecule has 0 aliphatic carbocycles. The van der Waals surface area contributed by atoms with Crippen molar-refractivity contribution in [2.75, 3.05) is 0 Å². The van der Waals surface area contributed by atoms with Gasteiger partial charge in [-0.2, -0.15) is 0 Å². The number of hydrogen-bond donors (Lipinski definition) is 0. The molecule has 138 valence electrons. The number of ketones is 1. The molecule has 2 aromatic carbocycles. The maximum atomic E-state index is 12.7. The number of hydrogen-bond acceptors (Lipinski definition) is 3. The van der Waals surface area contributed by atoms with Crippen LogP contribution in [0.25, 0.3) is 0 Å². The van der Waals surface area contributed by atoms with Crippen molar-refractivity contribution in [1.82, 2.24) is 0 Å². The molecule has 0 aliphatic rings. The Balaban J connectivity index is 2.12. The van der Waals surface area contributed by atoms with Gasteiger partial charge in [0.1, 0.15) is 0 Å². The Morgan fingerprint density at radius 1 is 1.00 bits per heavy atom. The van der Waals surface area contributed by atoms with E-state index in [0.29, 0.717) is 28.2 Å². The van der Waals surface area contributed by atoms with E-state index in [2.05, 4.69) is 0 Å². The number of allylic oxidation sites excluding steroid dienone is 2. The average molecular weight is 371 g/mol. The third-order valence-electron chi connectivity index (χ3n) is 4.44. The maximum absolute atomic E-state index is 12.7. The number of aryl methyl sites for hydroxylation is 1. The topological polar surface area (TPSA) is 51.2 Å². The highest BCUT2D eigenvalue weighted by molar-refractivity contribution is 7.95. The lowest BCUT2D eigenvalue weighted by Crippen LogP contribution is -2.14. The Bertz CT molecular complexity index is 890. The van der Waals surface area contributed by atoms with Crippen molar-refractivity contribution in [3.05, 3.63) is 76.7 Å². The van der Waals surface area contributed by atoms with Gasteiger partial charge in [-0.15, -0.1) is 0 Å². The van der Waals surface area contributed by atoms with E-state index in [9.17, 15) is 13.2 Å². The second-order valence-electron chi connectivity index (χ2n) is 7.35. The van der Waals surface area contributed by atoms with Crippen molar-refractivity contribution in [3.8, 4) is 0 Å². The fraction of sp³-hybridized carbons (Fsp3) is 0.318. The zero-order valence-electron chi connectivity index (χ0n) is 15.8. The Labute approximate surface area is 156 Å². The van der Waals surface area contributed by atoms with E-state index in [4.69, 9.17) is 0 Å². The van der Waals surface area contributed by atoms with Gasteiger partial charge in [-0.25, -0.2) is 8.42 Å². The third kappa shape index (κ3) is 5.15. The van der Waals surface area contributed by atoms with E-state index in [1.807, 2.05) is 39.0 Å². The molecular weight excluding hydrogens is 344 g/mol. The summed E-state index contributed by atoms with van der Waals surface area (Å²) in [7, 11) is -3.50. The lowest BCUT2D eigenvalue weighted by Gasteiger charge is -2.21. The second kappa shape index (κ2) is 8.00. The Morgan fingerprint density at radius 3 is 2.15 bits per heavy atom. The van der Waals surface area contributed by atoms with Crippen molar-refractivity contribution in [2.45, 2.75) is 45.4 Å². The first-order valence-corrected chi connectivity index (χ1v) is 10.2. The van der Waals surface area contributed by atoms with Crippen LogP contribution in [0.5, 0.6) is 0 Å². The summed E-state index contributed by atoms with van der Waals surface area (Å²) in [4.78, 5) is 12.9. The first-order valence-electron chi connectivity index (χ1n) is 8.71. The average Bonchev–Trinajstić information content (AvgIpc) is 2.60. The summed E-state index contributed by atoms with van der Waals surface area (Å²) in [5.41, 5.74) is 1.31. The van der Waals surface area contributed by atoms with E-state index >= 15 is 0 Å². The minimum atomic E-state index is -3.50. The van der Waals surface area contributed by atoms with Crippen molar-refractivity contribution in [3.63, 3.8) is 0 Å². The minimum Gasteiger partial charge on any atom is -0.294 e. The molecule has 0 spiro atoms. The number of rotatable bonds is 7. The SMILES string of the molecule is C/C(=C\C(C)(C)CCC(=O)c1ccccc1)S(=O)(=O)c1ccc(C)cc1. The molecule has 4 heteroatoms. The van der Waals surface area contributed by atoms with E-state index in [1.54, 1.807) is 49.4 Å². The molecule has 0 heterocycles. The van der Waals surface area contributed by atoms with Crippen LogP contribution in [0.3, 0.4) is 0 Å². The van der Waals surface area contributed by atoms with E-state index in [-0.39, 0.29) is 5.78 Å². The van der Waals surface area contributed by atoms with Crippen LogP contribution in [0.1, 0.15) is 49.5 Å². The highest BCUT2D eigenvalue weighted by Crippen LogP contribution is 2.30. The van der Waals surface area contributed by atoms with Crippen LogP contribution in [0.2, 0.25) is 0 Å². The van der Waals surface area contributed by atoms with Gasteiger partial charge in [0.25, 0.3) is 0 Å². The van der Waals surface area contributed by atoms with Crippen LogP contribution >= 0.6 is 0 Å². The van der Waals surface area contributed by atoms with Gasteiger partial charge in [0.05, 0.1) is 4.90 Å². The molecule has 3 nitrogen and oxygen atoms in total. The number of benzene rings is 2. The molecule has 0 aromatic heterocycles. The number of carbonyl (C=O) groups is 1. The van der Waals surface area contributed by atoms with Crippen LogP contribution < -0.4 is 0 Å². The van der Waals surface area contributed by atoms with Gasteiger partial charge in [0.2, 0.25) is 9.84 Å². The van der Waals surface area contributed by atoms with Crippen molar-refractivity contribution in [2.24, 2.45) is 5.41 Å². The summed E-state index contributed by atoms with van der Waals surface area (Å²) in [5, 5.41) is 0. The standard InChI is InChI=1S/C22H26O3S/c1-17-10-12-20(13-11-17)26(24,25)18(2)16-22(3,4)15-14-21(23)19-8-6-5-7-9-19/h5-13,16H,14-15H2,1-4H3/b18-16+. The molecule has 0 aliphatic heterocycles. The molecule has 0 saturated heterocycles. The third-order valence-corrected chi connectivity index (χ3v) is 6.30. The summed E-state index contributed by atoms with van der Waals surface area (Å²) in [6.07, 6.45) is 2.73. The van der Waals surface area contributed by atoms with Crippen LogP contribution in [0.4, 0.5) is 0 Å². The summed E-state index contributed by atoms with van der Waals surface area (Å²) in [5.74, 6) is 0.0751. The molecule has 0 amide bonds. The minimum absolute atomic E-state index is 0.0751. The van der Waals surface area contributed by atoms with Gasteiger partial charge < -0.3 is 0 Å². The van der Waals surface area contributed by atoms with Crippen molar-refractivity contribution in [1.29, 1.82) is 0 Å². The van der Waals surface area contributed by atoms with E-state index in [0.717, 1.165) is 5.56 Å². The number of carbonyl (C=O) groups excluding carboxylic acids is 1. The number of sulfone groups is 1. The molecule has 26 heavy (non-hydrogen) atoms. The molecule has 2 aromatic rings. The largest absolute Gasteiger partial charge is 0.294 e. The van der Waals surface area contributed by atoms with Gasteiger partial charge >= 0.3 is 0 Å². The van der Waals surface area contributed by atoms with Crippen LogP contribution in [0.15, 0.2) is 70.5 Å². The van der Waals surface area contributed by atoms with Crippen molar-refractivity contribution < 1.29 is 13.2 Å². The smallest absolute Gasteiger partial charge is 0.202 e. The molecule has 0 radical (unpaired) electrons. The zero-order valence-corrected chi connectivity index (χ0v) is 16.6. The lowest BCUT2D eigenvalue weighted by atomic mass is 9.86. The molecule has 0 bridgehead atoms. The predicted octanol–water partition coefficient (Wildman–Crippen LogP) is 5.36. The summed E-state index contributed by atoms with van der Waals surface area (Å²) >= 11 is 0. The Morgan fingerprint density at radius 2 is 1.58 bits per heavy atom. The fourth-order valence-corrected chi connectivity index (χ4v) is 4.15. The summed E-state index contributed by atoms with van der Waals surface area (Å²) in [6.45, 7) is 7.46. The fourth-order valence-electron chi connectivity index (χ4n) is 2.81. The van der Waals surface area contributed by atoms with Crippen molar-refractivity contribution >= 4 is 15.6 Å². The normalized spacial score (nSPS) is 12.8. The van der Waals surface area contributed by atoms with E-state index in [1.165, 1.54) is 0 Å². The molecule has 0 unspecified atom stereocenters. The molecular formula is C22H26O3S. The second-order valence-corrected chi connectivity index (χ2v) is 9.47. The van der Waals surface area contributed by atoms with Crippen LogP contribution in [-0.2, 0) is 9.84 Å². The summed E-state index contributed by atoms with van der Waals surface area (Å²) in [6, 6.07) is 16.0. The predicted molar refractivity (Wildman–Crippen MR) is 106 cm³/mol. The van der Waals surface area contributed by atoms with E-state index < -0.39 is 15.3 Å². The summed E-state index contributed by atoms with van der Waals surface area (Å²) < 4.78 is 25.5. The first-order chi connectivity index (χ1) is 12.1. The Kier molecular flexibility index (Phi) is 6.19. The van der Waals surface area contributed by atoms with Gasteiger partial charge in [-0.1, -0.05) is 68.0 Å². The molecule has 0 N–H and O–H groups in total. The van der Waals surface area contributed by atoms with Gasteiger partial charge in [-0.3, -0.25) is 4.79 Å².